The fourth-order valence-electron chi connectivity index (χ4n) is 6.39. The number of aryl methyl sites for hydroxylation is 1. The predicted octanol–water partition coefficient (Wildman–Crippen LogP) is 10.9. The largest absolute Gasteiger partial charge is 0.296 e. The van der Waals surface area contributed by atoms with Gasteiger partial charge in [-0.3, -0.25) is 4.57 Å². The second kappa shape index (κ2) is 10.4. The molecule has 0 amide bonds. The molecular weight excluding hydrogens is 520 g/mol. The van der Waals surface area contributed by atoms with Crippen LogP contribution in [0.5, 0.6) is 0 Å². The number of hydrogen-bond acceptors (Lipinski definition) is 1. The summed E-state index contributed by atoms with van der Waals surface area (Å²) in [7, 11) is 0. The van der Waals surface area contributed by atoms with E-state index < -0.39 is 13.2 Å². The second-order valence-corrected chi connectivity index (χ2v) is 10.7. The average molecular weight is 556 g/mol. The van der Waals surface area contributed by atoms with E-state index in [2.05, 4.69) is 102 Å². The minimum Gasteiger partial charge on any atom is -0.296 e. The Bertz CT molecular complexity index is 2460. The molecule has 1 aromatic heterocycles. The molecule has 8 rings (SSSR count). The number of rotatable bonds is 5. The van der Waals surface area contributed by atoms with Crippen LogP contribution in [0.4, 0.5) is 0 Å². The highest BCUT2D eigenvalue weighted by Crippen LogP contribution is 2.45. The summed E-state index contributed by atoms with van der Waals surface area (Å²) in [4.78, 5) is 4.54. The van der Waals surface area contributed by atoms with E-state index in [1.165, 1.54) is 0 Å². The maximum Gasteiger partial charge on any atom is 0.114 e. The van der Waals surface area contributed by atoms with Gasteiger partial charge in [-0.15, -0.1) is 0 Å². The summed E-state index contributed by atoms with van der Waals surface area (Å²) in [5.74, 6) is -0.150. The van der Waals surface area contributed by atoms with Crippen molar-refractivity contribution in [3.8, 4) is 39.1 Å². The zero-order chi connectivity index (χ0) is 33.0. The van der Waals surface area contributed by atoms with Gasteiger partial charge in [0.25, 0.3) is 0 Å². The summed E-state index contributed by atoms with van der Waals surface area (Å²) < 4.78 is 43.2. The third kappa shape index (κ3) is 4.23. The summed E-state index contributed by atoms with van der Waals surface area (Å²) in [6.45, 7) is -2.92. The molecule has 0 N–H and O–H groups in total. The molecule has 8 aromatic rings. The molecule has 0 spiro atoms. The molecule has 0 unspecified atom stereocenters. The van der Waals surface area contributed by atoms with E-state index >= 15 is 0 Å². The molecule has 0 aliphatic carbocycles. The standard InChI is InChI=1S/C41H30N2/c1-2-39-42-37-22-11-12-23-38(37)43(39)32-19-13-18-31(26-32)41-34-21-10-9-20-33(34)40(29-16-7-4-8-17-29)36-27-30(24-25-35(36)41)28-14-5-3-6-15-28/h3-27H,2H2,1H3/i1D3,2D2. The number of aromatic nitrogens is 2. The van der Waals surface area contributed by atoms with Crippen LogP contribution in [-0.4, -0.2) is 9.55 Å². The van der Waals surface area contributed by atoms with Gasteiger partial charge < -0.3 is 0 Å². The lowest BCUT2D eigenvalue weighted by atomic mass is 9.85. The normalized spacial score (nSPS) is 13.8. The number of fused-ring (bicyclic) bond motifs is 3. The first-order chi connectivity index (χ1) is 23.2. The van der Waals surface area contributed by atoms with Crippen molar-refractivity contribution in [1.29, 1.82) is 0 Å². The van der Waals surface area contributed by atoms with E-state index in [4.69, 9.17) is 6.85 Å². The molecule has 43 heavy (non-hydrogen) atoms. The highest BCUT2D eigenvalue weighted by atomic mass is 15.1. The minimum atomic E-state index is -2.92. The third-order valence-electron chi connectivity index (χ3n) is 8.26. The van der Waals surface area contributed by atoms with Gasteiger partial charge in [0.05, 0.1) is 11.0 Å². The molecule has 7 aromatic carbocycles. The lowest BCUT2D eigenvalue weighted by Gasteiger charge is -2.19. The van der Waals surface area contributed by atoms with Crippen LogP contribution < -0.4 is 0 Å². The van der Waals surface area contributed by atoms with Gasteiger partial charge in [-0.2, -0.15) is 0 Å². The van der Waals surface area contributed by atoms with E-state index in [0.717, 1.165) is 54.9 Å². The summed E-state index contributed by atoms with van der Waals surface area (Å²) in [5, 5.41) is 4.41. The molecule has 0 aliphatic heterocycles. The van der Waals surface area contributed by atoms with Crippen LogP contribution >= 0.6 is 0 Å². The Hall–Kier alpha value is -5.47. The molecule has 0 fully saturated rings. The van der Waals surface area contributed by atoms with Crippen molar-refractivity contribution < 1.29 is 6.85 Å². The second-order valence-electron chi connectivity index (χ2n) is 10.7. The molecule has 2 heteroatoms. The fraction of sp³-hybridized carbons (Fsp3) is 0.0488. The van der Waals surface area contributed by atoms with Crippen LogP contribution in [0.1, 0.15) is 19.5 Å². The Labute approximate surface area is 258 Å². The molecular formula is C41H30N2. The fourth-order valence-corrected chi connectivity index (χ4v) is 6.39. The Kier molecular flexibility index (Phi) is 4.95. The Morgan fingerprint density at radius 2 is 1.16 bits per heavy atom. The molecule has 0 aliphatic rings. The van der Waals surface area contributed by atoms with Crippen molar-refractivity contribution in [3.05, 3.63) is 157 Å². The average Bonchev–Trinajstić information content (AvgIpc) is 3.51. The van der Waals surface area contributed by atoms with Crippen molar-refractivity contribution in [1.82, 2.24) is 9.55 Å². The molecule has 2 nitrogen and oxygen atoms in total. The Morgan fingerprint density at radius 3 is 1.93 bits per heavy atom. The maximum atomic E-state index is 8.69. The van der Waals surface area contributed by atoms with Gasteiger partial charge in [-0.25, -0.2) is 4.98 Å². The van der Waals surface area contributed by atoms with Crippen LogP contribution in [0.25, 0.3) is 71.6 Å². The smallest absolute Gasteiger partial charge is 0.114 e. The monoisotopic (exact) mass is 555 g/mol. The van der Waals surface area contributed by atoms with E-state index in [0.29, 0.717) is 16.7 Å². The number of imidazole rings is 1. The van der Waals surface area contributed by atoms with Gasteiger partial charge in [0.2, 0.25) is 0 Å². The van der Waals surface area contributed by atoms with Gasteiger partial charge in [0.15, 0.2) is 0 Å². The molecule has 0 radical (unpaired) electrons. The SMILES string of the molecule is [2H]C([2H])([2H])C([2H])([2H])c1nc2ccccc2n1-c1cccc(-c2c3ccccc3c(-c3ccccc3)c3cc(-c4ccccc4)ccc23)c1. The summed E-state index contributed by atoms with van der Waals surface area (Å²) in [6.07, 6.45) is -2.69. The van der Waals surface area contributed by atoms with Gasteiger partial charge in [0.1, 0.15) is 5.82 Å². The zero-order valence-electron chi connectivity index (χ0n) is 28.3. The van der Waals surface area contributed by atoms with Crippen molar-refractivity contribution in [2.24, 2.45) is 0 Å². The lowest BCUT2D eigenvalue weighted by molar-refractivity contribution is 0.908. The third-order valence-corrected chi connectivity index (χ3v) is 8.26. The Balaban J connectivity index is 1.44. The van der Waals surface area contributed by atoms with Crippen LogP contribution in [0.3, 0.4) is 0 Å². The van der Waals surface area contributed by atoms with Gasteiger partial charge >= 0.3 is 0 Å². The predicted molar refractivity (Wildman–Crippen MR) is 182 cm³/mol. The van der Waals surface area contributed by atoms with E-state index in [9.17, 15) is 0 Å². The van der Waals surface area contributed by atoms with Gasteiger partial charge in [0, 0.05) is 18.9 Å². The van der Waals surface area contributed by atoms with Crippen molar-refractivity contribution in [3.63, 3.8) is 0 Å². The van der Waals surface area contributed by atoms with Crippen molar-refractivity contribution in [2.45, 2.75) is 13.2 Å². The number of para-hydroxylation sites is 2. The molecule has 0 atom stereocenters. The zero-order valence-corrected chi connectivity index (χ0v) is 23.3. The number of nitrogens with zero attached hydrogens (tertiary/aromatic N) is 2. The van der Waals surface area contributed by atoms with Crippen molar-refractivity contribution >= 4 is 32.6 Å². The molecule has 1 heterocycles. The first kappa shape index (κ1) is 20.4. The topological polar surface area (TPSA) is 17.8 Å². The summed E-state index contributed by atoms with van der Waals surface area (Å²) in [5.41, 5.74) is 8.33. The number of hydrogen-bond donors (Lipinski definition) is 0. The maximum absolute atomic E-state index is 8.69. The van der Waals surface area contributed by atoms with Crippen LogP contribution in [0.2, 0.25) is 0 Å². The van der Waals surface area contributed by atoms with E-state index in [1.54, 1.807) is 10.6 Å². The van der Waals surface area contributed by atoms with Crippen LogP contribution in [0.15, 0.2) is 152 Å². The quantitative estimate of drug-likeness (QED) is 0.193. The molecule has 0 bridgehead atoms. The molecule has 204 valence electrons. The van der Waals surface area contributed by atoms with Gasteiger partial charge in [-0.05, 0) is 85.3 Å². The first-order valence-electron chi connectivity index (χ1n) is 16.9. The highest BCUT2D eigenvalue weighted by molar-refractivity contribution is 6.22. The first-order valence-corrected chi connectivity index (χ1v) is 14.4. The highest BCUT2D eigenvalue weighted by Gasteiger charge is 2.18. The summed E-state index contributed by atoms with van der Waals surface area (Å²) >= 11 is 0. The van der Waals surface area contributed by atoms with Gasteiger partial charge in [-0.1, -0.05) is 128 Å². The minimum absolute atomic E-state index is 0.150. The number of benzene rings is 7. The van der Waals surface area contributed by atoms with E-state index in [1.807, 2.05) is 48.5 Å². The van der Waals surface area contributed by atoms with Crippen molar-refractivity contribution in [2.75, 3.05) is 0 Å². The lowest BCUT2D eigenvalue weighted by Crippen LogP contribution is -2.00. The Morgan fingerprint density at radius 1 is 0.535 bits per heavy atom. The summed E-state index contributed by atoms with van der Waals surface area (Å²) in [6, 6.07) is 51.2. The van der Waals surface area contributed by atoms with Crippen LogP contribution in [-0.2, 0) is 6.37 Å². The van der Waals surface area contributed by atoms with E-state index in [-0.39, 0.29) is 5.82 Å². The molecule has 0 saturated carbocycles. The van der Waals surface area contributed by atoms with Crippen LogP contribution in [0, 0.1) is 0 Å². The molecule has 0 saturated heterocycles.